The lowest BCUT2D eigenvalue weighted by molar-refractivity contribution is 0.0198. The number of amidine groups is 1. The molecule has 0 bridgehead atoms. The number of oxime groups is 1. The number of nitrogens with two attached hydrogens (primary N) is 1. The zero-order valence-electron chi connectivity index (χ0n) is 12.0. The Morgan fingerprint density at radius 1 is 1.20 bits per heavy atom. The highest BCUT2D eigenvalue weighted by atomic mass is 16.5. The van der Waals surface area contributed by atoms with Crippen LogP contribution in [0, 0.1) is 6.92 Å². The van der Waals surface area contributed by atoms with Crippen LogP contribution in [-0.2, 0) is 20.8 Å². The van der Waals surface area contributed by atoms with Crippen LogP contribution >= 0.6 is 0 Å². The summed E-state index contributed by atoms with van der Waals surface area (Å²) in [5, 5.41) is 11.6. The molecule has 0 aliphatic carbocycles. The Bertz CT molecular complexity index is 435. The molecule has 112 valence electrons. The van der Waals surface area contributed by atoms with Crippen LogP contribution in [0.1, 0.15) is 16.7 Å². The van der Waals surface area contributed by atoms with E-state index in [2.05, 4.69) is 5.16 Å². The SMILES string of the molecule is COCCOCCOCc1ccc(/C(N)=N/O)cc1C. The summed E-state index contributed by atoms with van der Waals surface area (Å²) in [4.78, 5) is 0. The molecule has 0 aliphatic heterocycles. The van der Waals surface area contributed by atoms with Crippen molar-refractivity contribution in [3.8, 4) is 0 Å². The van der Waals surface area contributed by atoms with E-state index < -0.39 is 0 Å². The molecule has 6 heteroatoms. The number of nitrogens with zero attached hydrogens (tertiary/aromatic N) is 1. The van der Waals surface area contributed by atoms with E-state index >= 15 is 0 Å². The summed E-state index contributed by atoms with van der Waals surface area (Å²) in [6.45, 7) is 4.72. The largest absolute Gasteiger partial charge is 0.409 e. The van der Waals surface area contributed by atoms with Gasteiger partial charge in [0.15, 0.2) is 5.84 Å². The Balaban J connectivity index is 2.34. The molecular weight excluding hydrogens is 260 g/mol. The Hall–Kier alpha value is -1.63. The predicted octanol–water partition coefficient (Wildman–Crippen LogP) is 1.27. The van der Waals surface area contributed by atoms with Crippen molar-refractivity contribution in [2.45, 2.75) is 13.5 Å². The fraction of sp³-hybridized carbons (Fsp3) is 0.500. The smallest absolute Gasteiger partial charge is 0.170 e. The highest BCUT2D eigenvalue weighted by molar-refractivity contribution is 5.97. The summed E-state index contributed by atoms with van der Waals surface area (Å²) < 4.78 is 15.7. The molecule has 0 aliphatic rings. The van der Waals surface area contributed by atoms with E-state index in [0.29, 0.717) is 38.6 Å². The van der Waals surface area contributed by atoms with Crippen molar-refractivity contribution in [1.82, 2.24) is 0 Å². The Kier molecular flexibility index (Phi) is 7.64. The third kappa shape index (κ3) is 5.56. The summed E-state index contributed by atoms with van der Waals surface area (Å²) in [6.07, 6.45) is 0. The van der Waals surface area contributed by atoms with Gasteiger partial charge in [-0.15, -0.1) is 0 Å². The van der Waals surface area contributed by atoms with Gasteiger partial charge >= 0.3 is 0 Å². The van der Waals surface area contributed by atoms with Gasteiger partial charge in [0.05, 0.1) is 33.0 Å². The Morgan fingerprint density at radius 2 is 1.90 bits per heavy atom. The maximum absolute atomic E-state index is 8.63. The number of ether oxygens (including phenoxy) is 3. The maximum atomic E-state index is 8.63. The molecule has 0 aromatic heterocycles. The molecule has 0 radical (unpaired) electrons. The van der Waals surface area contributed by atoms with Gasteiger partial charge in [0.25, 0.3) is 0 Å². The van der Waals surface area contributed by atoms with Crippen LogP contribution < -0.4 is 5.73 Å². The van der Waals surface area contributed by atoms with Crippen LogP contribution in [0.5, 0.6) is 0 Å². The summed E-state index contributed by atoms with van der Waals surface area (Å²) in [5.74, 6) is 0.104. The average Bonchev–Trinajstić information content (AvgIpc) is 2.46. The van der Waals surface area contributed by atoms with Crippen molar-refractivity contribution >= 4 is 5.84 Å². The Labute approximate surface area is 119 Å². The standard InChI is InChI=1S/C14H22N2O4/c1-11-9-12(14(15)16-17)3-4-13(11)10-20-8-7-19-6-5-18-2/h3-4,9,17H,5-8,10H2,1-2H3,(H2,15,16). The lowest BCUT2D eigenvalue weighted by Crippen LogP contribution is -2.13. The van der Waals surface area contributed by atoms with Crippen LogP contribution in [0.25, 0.3) is 0 Å². The van der Waals surface area contributed by atoms with Crippen molar-refractivity contribution < 1.29 is 19.4 Å². The van der Waals surface area contributed by atoms with Gasteiger partial charge in [-0.3, -0.25) is 0 Å². The topological polar surface area (TPSA) is 86.3 Å². The minimum absolute atomic E-state index is 0.104. The molecule has 0 saturated heterocycles. The van der Waals surface area contributed by atoms with Gasteiger partial charge < -0.3 is 25.2 Å². The summed E-state index contributed by atoms with van der Waals surface area (Å²) in [6, 6.07) is 5.58. The number of methoxy groups -OCH3 is 1. The van der Waals surface area contributed by atoms with E-state index in [1.54, 1.807) is 13.2 Å². The fourth-order valence-corrected chi connectivity index (χ4v) is 1.62. The second kappa shape index (κ2) is 9.30. The molecule has 1 aromatic rings. The second-order valence-corrected chi connectivity index (χ2v) is 4.28. The zero-order chi connectivity index (χ0) is 14.8. The first-order valence-electron chi connectivity index (χ1n) is 6.41. The van der Waals surface area contributed by atoms with E-state index in [-0.39, 0.29) is 5.84 Å². The van der Waals surface area contributed by atoms with Gasteiger partial charge in [-0.05, 0) is 24.1 Å². The van der Waals surface area contributed by atoms with E-state index in [9.17, 15) is 0 Å². The number of hydrogen-bond acceptors (Lipinski definition) is 5. The first kappa shape index (κ1) is 16.4. The molecule has 0 amide bonds. The molecular formula is C14H22N2O4. The number of rotatable bonds is 9. The van der Waals surface area contributed by atoms with E-state index in [1.165, 1.54) is 0 Å². The highest BCUT2D eigenvalue weighted by Gasteiger charge is 2.03. The lowest BCUT2D eigenvalue weighted by Gasteiger charge is -2.09. The molecule has 0 spiro atoms. The van der Waals surface area contributed by atoms with Crippen molar-refractivity contribution in [3.05, 3.63) is 34.9 Å². The van der Waals surface area contributed by atoms with Crippen LogP contribution in [0.2, 0.25) is 0 Å². The quantitative estimate of drug-likeness (QED) is 0.234. The molecule has 20 heavy (non-hydrogen) atoms. The predicted molar refractivity (Wildman–Crippen MR) is 76.0 cm³/mol. The number of benzene rings is 1. The summed E-state index contributed by atoms with van der Waals surface area (Å²) in [5.41, 5.74) is 8.33. The number of hydrogen-bond donors (Lipinski definition) is 2. The van der Waals surface area contributed by atoms with Gasteiger partial charge in [0.2, 0.25) is 0 Å². The van der Waals surface area contributed by atoms with Gasteiger partial charge in [0, 0.05) is 12.7 Å². The molecule has 0 saturated carbocycles. The molecule has 3 N–H and O–H groups in total. The van der Waals surface area contributed by atoms with Gasteiger partial charge in [-0.1, -0.05) is 17.3 Å². The number of aryl methyl sites for hydroxylation is 1. The van der Waals surface area contributed by atoms with Crippen LogP contribution in [0.3, 0.4) is 0 Å². The van der Waals surface area contributed by atoms with Crippen LogP contribution in [0.15, 0.2) is 23.4 Å². The molecule has 0 atom stereocenters. The van der Waals surface area contributed by atoms with Gasteiger partial charge in [0.1, 0.15) is 0 Å². The summed E-state index contributed by atoms with van der Waals surface area (Å²) in [7, 11) is 1.64. The highest BCUT2D eigenvalue weighted by Crippen LogP contribution is 2.12. The maximum Gasteiger partial charge on any atom is 0.170 e. The third-order valence-electron chi connectivity index (χ3n) is 2.81. The fourth-order valence-electron chi connectivity index (χ4n) is 1.62. The van der Waals surface area contributed by atoms with E-state index in [4.69, 9.17) is 25.2 Å². The van der Waals surface area contributed by atoms with Crippen LogP contribution in [0.4, 0.5) is 0 Å². The molecule has 6 nitrogen and oxygen atoms in total. The van der Waals surface area contributed by atoms with Crippen molar-refractivity contribution in [3.63, 3.8) is 0 Å². The average molecular weight is 282 g/mol. The monoisotopic (exact) mass is 282 g/mol. The lowest BCUT2D eigenvalue weighted by atomic mass is 10.1. The third-order valence-corrected chi connectivity index (χ3v) is 2.81. The van der Waals surface area contributed by atoms with Gasteiger partial charge in [-0.2, -0.15) is 0 Å². The molecule has 1 rings (SSSR count). The first-order chi connectivity index (χ1) is 9.69. The first-order valence-corrected chi connectivity index (χ1v) is 6.41. The van der Waals surface area contributed by atoms with Gasteiger partial charge in [-0.25, -0.2) is 0 Å². The molecule has 0 heterocycles. The zero-order valence-corrected chi connectivity index (χ0v) is 12.0. The molecule has 1 aromatic carbocycles. The van der Waals surface area contributed by atoms with Crippen molar-refractivity contribution in [2.75, 3.05) is 33.5 Å². The molecule has 0 unspecified atom stereocenters. The second-order valence-electron chi connectivity index (χ2n) is 4.28. The van der Waals surface area contributed by atoms with Crippen LogP contribution in [-0.4, -0.2) is 44.6 Å². The van der Waals surface area contributed by atoms with E-state index in [0.717, 1.165) is 11.1 Å². The molecule has 0 fully saturated rings. The normalized spacial score (nSPS) is 11.8. The Morgan fingerprint density at radius 3 is 2.55 bits per heavy atom. The summed E-state index contributed by atoms with van der Waals surface area (Å²) >= 11 is 0. The minimum atomic E-state index is 0.104. The minimum Gasteiger partial charge on any atom is -0.409 e. The van der Waals surface area contributed by atoms with Crippen molar-refractivity contribution in [1.29, 1.82) is 0 Å². The van der Waals surface area contributed by atoms with E-state index in [1.807, 2.05) is 19.1 Å². The van der Waals surface area contributed by atoms with Crippen molar-refractivity contribution in [2.24, 2.45) is 10.9 Å².